The lowest BCUT2D eigenvalue weighted by atomic mass is 10.0. The minimum Gasteiger partial charge on any atom is -0.349 e. The molecule has 0 aliphatic carbocycles. The summed E-state index contributed by atoms with van der Waals surface area (Å²) in [5, 5.41) is 13.4. The summed E-state index contributed by atoms with van der Waals surface area (Å²) < 4.78 is 0. The maximum absolute atomic E-state index is 10.5. The average molecular weight is 204 g/mol. The highest BCUT2D eigenvalue weighted by atomic mass is 16.6. The number of anilines is 1. The Bertz CT molecular complexity index is 476. The zero-order chi connectivity index (χ0) is 10.8. The van der Waals surface area contributed by atoms with E-state index in [4.69, 9.17) is 0 Å². The lowest BCUT2D eigenvalue weighted by molar-refractivity contribution is -0.384. The molecule has 1 aromatic carbocycles. The predicted octanol–water partition coefficient (Wildman–Crippen LogP) is 1.67. The standard InChI is InChI=1S/C10H8N2O3/c13-6-8-3-1-7-2-4-9(12(14)15)5-10(7)11-8/h2,4-5,11H,1,3H2. The van der Waals surface area contributed by atoms with Crippen molar-refractivity contribution in [3.05, 3.63) is 39.6 Å². The minimum absolute atomic E-state index is 0.0217. The van der Waals surface area contributed by atoms with Gasteiger partial charge in [-0.3, -0.25) is 10.1 Å². The highest BCUT2D eigenvalue weighted by Crippen LogP contribution is 2.29. The van der Waals surface area contributed by atoms with E-state index in [0.717, 1.165) is 5.56 Å². The van der Waals surface area contributed by atoms with Crippen LogP contribution in [0.3, 0.4) is 0 Å². The Morgan fingerprint density at radius 1 is 1.40 bits per heavy atom. The summed E-state index contributed by atoms with van der Waals surface area (Å²) in [5.41, 5.74) is 2.09. The van der Waals surface area contributed by atoms with E-state index in [-0.39, 0.29) is 5.69 Å². The number of allylic oxidation sites excluding steroid dienone is 1. The van der Waals surface area contributed by atoms with Gasteiger partial charge in [-0.25, -0.2) is 4.79 Å². The summed E-state index contributed by atoms with van der Waals surface area (Å²) in [5.74, 6) is 1.78. The number of non-ortho nitro benzene ring substituents is 1. The number of rotatable bonds is 1. The normalized spacial score (nSPS) is 13.7. The Balaban J connectivity index is 2.43. The number of nitro benzene ring substituents is 1. The molecule has 0 saturated carbocycles. The smallest absolute Gasteiger partial charge is 0.271 e. The van der Waals surface area contributed by atoms with Crippen LogP contribution in [0, 0.1) is 10.1 Å². The second-order valence-corrected chi connectivity index (χ2v) is 3.30. The van der Waals surface area contributed by atoms with E-state index in [2.05, 4.69) is 5.32 Å². The van der Waals surface area contributed by atoms with Crippen molar-refractivity contribution in [2.45, 2.75) is 12.8 Å². The third-order valence-electron chi connectivity index (χ3n) is 2.36. The van der Waals surface area contributed by atoms with Gasteiger partial charge in [-0.05, 0) is 12.0 Å². The molecule has 1 N–H and O–H groups in total. The van der Waals surface area contributed by atoms with Gasteiger partial charge in [0.1, 0.15) is 11.6 Å². The Hall–Kier alpha value is -2.13. The number of fused-ring (bicyclic) bond motifs is 1. The van der Waals surface area contributed by atoms with Crippen LogP contribution in [0.5, 0.6) is 0 Å². The van der Waals surface area contributed by atoms with Crippen LogP contribution in [0.25, 0.3) is 0 Å². The van der Waals surface area contributed by atoms with E-state index in [1.54, 1.807) is 12.0 Å². The van der Waals surface area contributed by atoms with E-state index in [1.165, 1.54) is 12.1 Å². The molecule has 2 rings (SSSR count). The fourth-order valence-electron chi connectivity index (χ4n) is 1.57. The average Bonchev–Trinajstić information content (AvgIpc) is 2.27. The van der Waals surface area contributed by atoms with Gasteiger partial charge in [-0.15, -0.1) is 0 Å². The van der Waals surface area contributed by atoms with Crippen molar-refractivity contribution >= 4 is 17.3 Å². The lowest BCUT2D eigenvalue weighted by Crippen LogP contribution is -2.10. The van der Waals surface area contributed by atoms with Crippen molar-refractivity contribution in [1.29, 1.82) is 0 Å². The fourth-order valence-corrected chi connectivity index (χ4v) is 1.57. The maximum atomic E-state index is 10.5. The third kappa shape index (κ3) is 1.73. The number of nitrogens with one attached hydrogen (secondary N) is 1. The van der Waals surface area contributed by atoms with Crippen molar-refractivity contribution in [2.75, 3.05) is 5.32 Å². The molecule has 1 aromatic rings. The van der Waals surface area contributed by atoms with Crippen LogP contribution < -0.4 is 5.32 Å². The second kappa shape index (κ2) is 3.55. The van der Waals surface area contributed by atoms with Crippen LogP contribution in [0.15, 0.2) is 23.9 Å². The monoisotopic (exact) mass is 204 g/mol. The van der Waals surface area contributed by atoms with E-state index >= 15 is 0 Å². The molecule has 5 heteroatoms. The number of carbonyl (C=O) groups excluding carboxylic acids is 1. The number of hydrogen-bond acceptors (Lipinski definition) is 4. The molecule has 0 aromatic heterocycles. The summed E-state index contributed by atoms with van der Waals surface area (Å²) in [6.07, 6.45) is 1.32. The quantitative estimate of drug-likeness (QED) is 0.429. The SMILES string of the molecule is O=C=C1CCc2ccc([N+](=O)[O-])cc2N1. The highest BCUT2D eigenvalue weighted by Gasteiger charge is 2.16. The number of aryl methyl sites for hydroxylation is 1. The first-order valence-electron chi connectivity index (χ1n) is 4.49. The molecule has 1 heterocycles. The van der Waals surface area contributed by atoms with Crippen molar-refractivity contribution in [3.63, 3.8) is 0 Å². The van der Waals surface area contributed by atoms with Crippen LogP contribution in [-0.4, -0.2) is 10.9 Å². The molecule has 0 bridgehead atoms. The summed E-state index contributed by atoms with van der Waals surface area (Å²) >= 11 is 0. The molecule has 5 nitrogen and oxygen atoms in total. The third-order valence-corrected chi connectivity index (χ3v) is 2.36. The molecule has 1 aliphatic heterocycles. The highest BCUT2D eigenvalue weighted by molar-refractivity contribution is 5.68. The lowest BCUT2D eigenvalue weighted by Gasteiger charge is -2.17. The van der Waals surface area contributed by atoms with Crippen LogP contribution in [0.1, 0.15) is 12.0 Å². The number of nitro groups is 1. The number of hydrogen-bond donors (Lipinski definition) is 1. The molecule has 0 saturated heterocycles. The molecular formula is C10H8N2O3. The molecule has 15 heavy (non-hydrogen) atoms. The van der Waals surface area contributed by atoms with E-state index in [1.807, 2.05) is 0 Å². The largest absolute Gasteiger partial charge is 0.349 e. The first kappa shape index (κ1) is 9.43. The molecule has 0 spiro atoms. The zero-order valence-corrected chi connectivity index (χ0v) is 7.82. The molecule has 0 amide bonds. The van der Waals surface area contributed by atoms with Crippen LogP contribution in [-0.2, 0) is 11.2 Å². The van der Waals surface area contributed by atoms with E-state index in [0.29, 0.717) is 24.2 Å². The predicted molar refractivity (Wildman–Crippen MR) is 54.2 cm³/mol. The molecule has 0 radical (unpaired) electrons. The van der Waals surface area contributed by atoms with Gasteiger partial charge in [0.05, 0.1) is 4.92 Å². The molecule has 0 unspecified atom stereocenters. The first-order chi connectivity index (χ1) is 7.20. The van der Waals surface area contributed by atoms with Gasteiger partial charge in [0.15, 0.2) is 0 Å². The Morgan fingerprint density at radius 3 is 2.87 bits per heavy atom. The van der Waals surface area contributed by atoms with Crippen LogP contribution >= 0.6 is 0 Å². The van der Waals surface area contributed by atoms with Gasteiger partial charge in [0.2, 0.25) is 0 Å². The summed E-state index contributed by atoms with van der Waals surface area (Å²) in [7, 11) is 0. The van der Waals surface area contributed by atoms with Gasteiger partial charge in [0, 0.05) is 24.2 Å². The van der Waals surface area contributed by atoms with E-state index < -0.39 is 4.92 Å². The second-order valence-electron chi connectivity index (χ2n) is 3.30. The van der Waals surface area contributed by atoms with Crippen molar-refractivity contribution in [1.82, 2.24) is 0 Å². The summed E-state index contributed by atoms with van der Waals surface area (Å²) in [4.78, 5) is 20.5. The molecule has 76 valence electrons. The van der Waals surface area contributed by atoms with Gasteiger partial charge in [-0.2, -0.15) is 0 Å². The van der Waals surface area contributed by atoms with E-state index in [9.17, 15) is 14.9 Å². The Kier molecular flexibility index (Phi) is 2.23. The summed E-state index contributed by atoms with van der Waals surface area (Å²) in [6.45, 7) is 0. The topological polar surface area (TPSA) is 72.2 Å². The van der Waals surface area contributed by atoms with Gasteiger partial charge >= 0.3 is 0 Å². The van der Waals surface area contributed by atoms with Gasteiger partial charge < -0.3 is 5.32 Å². The fraction of sp³-hybridized carbons (Fsp3) is 0.200. The number of nitrogens with zero attached hydrogens (tertiary/aromatic N) is 1. The van der Waals surface area contributed by atoms with Crippen LogP contribution in [0.2, 0.25) is 0 Å². The molecular weight excluding hydrogens is 196 g/mol. The van der Waals surface area contributed by atoms with Crippen molar-refractivity contribution < 1.29 is 9.72 Å². The zero-order valence-electron chi connectivity index (χ0n) is 7.82. The number of benzene rings is 1. The molecule has 1 aliphatic rings. The molecule has 0 atom stereocenters. The summed E-state index contributed by atoms with van der Waals surface area (Å²) in [6, 6.07) is 4.62. The van der Waals surface area contributed by atoms with Gasteiger partial charge in [0.25, 0.3) is 5.69 Å². The van der Waals surface area contributed by atoms with Gasteiger partial charge in [-0.1, -0.05) is 6.07 Å². The maximum Gasteiger partial charge on any atom is 0.271 e. The first-order valence-corrected chi connectivity index (χ1v) is 4.49. The Labute approximate surface area is 85.6 Å². The Morgan fingerprint density at radius 2 is 2.20 bits per heavy atom. The minimum atomic E-state index is -0.457. The van der Waals surface area contributed by atoms with Crippen LogP contribution in [0.4, 0.5) is 11.4 Å². The molecule has 0 fully saturated rings. The van der Waals surface area contributed by atoms with Crippen molar-refractivity contribution in [2.24, 2.45) is 0 Å². The van der Waals surface area contributed by atoms with Crippen molar-refractivity contribution in [3.8, 4) is 0 Å².